The number of carboxylic acids is 1. The van der Waals surface area contributed by atoms with E-state index in [0.717, 1.165) is 6.42 Å². The lowest BCUT2D eigenvalue weighted by Gasteiger charge is -2.29. The number of aliphatic carboxylic acids is 1. The fourth-order valence-corrected chi connectivity index (χ4v) is 3.49. The Morgan fingerprint density at radius 3 is 2.92 bits per heavy atom. The minimum Gasteiger partial charge on any atom is -0.490 e. The second-order valence-electron chi connectivity index (χ2n) is 6.25. The van der Waals surface area contributed by atoms with Gasteiger partial charge < -0.3 is 24.2 Å². The van der Waals surface area contributed by atoms with E-state index >= 15 is 0 Å². The number of likely N-dealkylation sites (tertiary alicyclic amines) is 1. The molecule has 7 heteroatoms. The number of benzene rings is 1. The van der Waals surface area contributed by atoms with Crippen LogP contribution in [0.2, 0.25) is 0 Å². The number of nitrogens with zero attached hydrogens (tertiary/aromatic N) is 1. The lowest BCUT2D eigenvalue weighted by Crippen LogP contribution is -2.32. The largest absolute Gasteiger partial charge is 0.490 e. The summed E-state index contributed by atoms with van der Waals surface area (Å²) in [5.74, 6) is -0.758. The number of carbonyl (C=O) groups is 2. The average molecular weight is 349 g/mol. The minimum atomic E-state index is -0.972. The zero-order valence-corrected chi connectivity index (χ0v) is 14.3. The maximum atomic E-state index is 12.5. The monoisotopic (exact) mass is 349 g/mol. The van der Waals surface area contributed by atoms with E-state index in [1.807, 2.05) is 18.2 Å². The molecule has 0 aliphatic carbocycles. The molecule has 0 unspecified atom stereocenters. The van der Waals surface area contributed by atoms with Crippen molar-refractivity contribution in [2.24, 2.45) is 5.92 Å². The first-order valence-electron chi connectivity index (χ1n) is 8.53. The van der Waals surface area contributed by atoms with Crippen LogP contribution in [-0.4, -0.2) is 55.4 Å². The highest BCUT2D eigenvalue weighted by molar-refractivity contribution is 5.87. The smallest absolute Gasteiger partial charge is 0.309 e. The van der Waals surface area contributed by atoms with E-state index in [9.17, 15) is 14.7 Å². The predicted molar refractivity (Wildman–Crippen MR) is 88.7 cm³/mol. The van der Waals surface area contributed by atoms with Gasteiger partial charge in [0.25, 0.3) is 0 Å². The molecule has 0 radical (unpaired) electrons. The Bertz CT molecular complexity index is 646. The van der Waals surface area contributed by atoms with Crippen molar-refractivity contribution < 1.29 is 28.9 Å². The molecule has 1 amide bonds. The molecule has 2 aliphatic heterocycles. The number of carbonyl (C=O) groups excluding carboxylic acids is 1. The second-order valence-corrected chi connectivity index (χ2v) is 6.25. The number of carboxylic acid groups (broad SMARTS) is 1. The first kappa shape index (κ1) is 17.5. The molecule has 1 aromatic carbocycles. The zero-order chi connectivity index (χ0) is 17.8. The summed E-state index contributed by atoms with van der Waals surface area (Å²) < 4.78 is 16.6. The van der Waals surface area contributed by atoms with E-state index in [0.29, 0.717) is 49.8 Å². The van der Waals surface area contributed by atoms with Crippen molar-refractivity contribution in [2.75, 3.05) is 33.5 Å². The third kappa shape index (κ3) is 3.56. The fraction of sp³-hybridized carbons (Fsp3) is 0.556. The summed E-state index contributed by atoms with van der Waals surface area (Å²) in [4.78, 5) is 25.9. The van der Waals surface area contributed by atoms with E-state index in [1.165, 1.54) is 0 Å². The topological polar surface area (TPSA) is 85.3 Å². The van der Waals surface area contributed by atoms with Gasteiger partial charge in [0.15, 0.2) is 11.5 Å². The molecule has 2 atom stereocenters. The Labute approximate surface area is 146 Å². The summed E-state index contributed by atoms with van der Waals surface area (Å²) in [5.41, 5.74) is 0.704. The average Bonchev–Trinajstić information content (AvgIpc) is 2.77. The van der Waals surface area contributed by atoms with Gasteiger partial charge in [0, 0.05) is 38.7 Å². The molecular weight excluding hydrogens is 326 g/mol. The molecule has 3 rings (SSSR count). The molecular formula is C18H23NO6. The summed E-state index contributed by atoms with van der Waals surface area (Å²) in [6, 6.07) is 4.90. The summed E-state index contributed by atoms with van der Waals surface area (Å²) >= 11 is 0. The summed E-state index contributed by atoms with van der Waals surface area (Å²) in [5, 5.41) is 9.64. The van der Waals surface area contributed by atoms with Crippen molar-refractivity contribution in [1.82, 2.24) is 4.90 Å². The third-order valence-corrected chi connectivity index (χ3v) is 4.62. The van der Waals surface area contributed by atoms with Crippen LogP contribution in [-0.2, 0) is 14.3 Å². The lowest BCUT2D eigenvalue weighted by atomic mass is 9.92. The number of amides is 1. The molecule has 0 bridgehead atoms. The minimum absolute atomic E-state index is 0.00247. The highest BCUT2D eigenvalue weighted by Gasteiger charge is 2.46. The maximum Gasteiger partial charge on any atom is 0.309 e. The van der Waals surface area contributed by atoms with E-state index in [1.54, 1.807) is 12.0 Å². The van der Waals surface area contributed by atoms with E-state index in [4.69, 9.17) is 14.2 Å². The number of methoxy groups -OCH3 is 1. The highest BCUT2D eigenvalue weighted by atomic mass is 16.5. The SMILES string of the molecule is COCCCN1C(=O)C[C@H](C(=O)O)[C@H]1c1cccc2c1OCCCO2. The Balaban J connectivity index is 1.98. The van der Waals surface area contributed by atoms with Crippen LogP contribution >= 0.6 is 0 Å². The van der Waals surface area contributed by atoms with Crippen LogP contribution in [0.1, 0.15) is 30.9 Å². The summed E-state index contributed by atoms with van der Waals surface area (Å²) in [7, 11) is 1.60. The zero-order valence-electron chi connectivity index (χ0n) is 14.3. The van der Waals surface area contributed by atoms with Gasteiger partial charge in [-0.15, -0.1) is 0 Å². The number of para-hydroxylation sites is 1. The van der Waals surface area contributed by atoms with Crippen molar-refractivity contribution in [1.29, 1.82) is 0 Å². The molecule has 0 spiro atoms. The Hall–Kier alpha value is -2.28. The van der Waals surface area contributed by atoms with Gasteiger partial charge in [0.2, 0.25) is 5.91 Å². The standard InChI is InChI=1S/C18H23NO6/c1-23-8-3-7-19-15(20)11-13(18(21)22)16(19)12-5-2-6-14-17(12)25-10-4-9-24-14/h2,5-6,13,16H,3-4,7-11H2,1H3,(H,21,22)/t13-,16+/m0/s1. The normalized spacial score (nSPS) is 22.8. The number of ether oxygens (including phenoxy) is 3. The number of fused-ring (bicyclic) bond motifs is 1. The van der Waals surface area contributed by atoms with Gasteiger partial charge in [0.1, 0.15) is 0 Å². The van der Waals surface area contributed by atoms with Gasteiger partial charge in [-0.05, 0) is 12.5 Å². The molecule has 1 aromatic rings. The Morgan fingerprint density at radius 2 is 2.16 bits per heavy atom. The summed E-state index contributed by atoms with van der Waals surface area (Å²) in [6.45, 7) is 2.03. The van der Waals surface area contributed by atoms with Gasteiger partial charge >= 0.3 is 5.97 Å². The van der Waals surface area contributed by atoms with Gasteiger partial charge in [-0.3, -0.25) is 9.59 Å². The number of hydrogen-bond donors (Lipinski definition) is 1. The van der Waals surface area contributed by atoms with E-state index in [-0.39, 0.29) is 12.3 Å². The van der Waals surface area contributed by atoms with Gasteiger partial charge in [-0.1, -0.05) is 12.1 Å². The molecule has 2 heterocycles. The highest BCUT2D eigenvalue weighted by Crippen LogP contribution is 2.45. The van der Waals surface area contributed by atoms with Crippen molar-refractivity contribution >= 4 is 11.9 Å². The second kappa shape index (κ2) is 7.74. The van der Waals surface area contributed by atoms with Crippen LogP contribution in [0, 0.1) is 5.92 Å². The molecule has 1 fully saturated rings. The van der Waals surface area contributed by atoms with Crippen LogP contribution in [0.5, 0.6) is 11.5 Å². The molecule has 0 aromatic heterocycles. The maximum absolute atomic E-state index is 12.5. The van der Waals surface area contributed by atoms with E-state index in [2.05, 4.69) is 0 Å². The first-order valence-corrected chi connectivity index (χ1v) is 8.53. The van der Waals surface area contributed by atoms with Gasteiger partial charge in [0.05, 0.1) is 25.2 Å². The Kier molecular flexibility index (Phi) is 5.43. The van der Waals surface area contributed by atoms with Gasteiger partial charge in [-0.2, -0.15) is 0 Å². The van der Waals surface area contributed by atoms with Crippen molar-refractivity contribution in [3.05, 3.63) is 23.8 Å². The van der Waals surface area contributed by atoms with Crippen molar-refractivity contribution in [2.45, 2.75) is 25.3 Å². The molecule has 136 valence electrons. The molecule has 0 saturated carbocycles. The van der Waals surface area contributed by atoms with Crippen LogP contribution < -0.4 is 9.47 Å². The quantitative estimate of drug-likeness (QED) is 0.789. The number of hydrogen-bond acceptors (Lipinski definition) is 5. The molecule has 7 nitrogen and oxygen atoms in total. The molecule has 1 saturated heterocycles. The van der Waals surface area contributed by atoms with E-state index < -0.39 is 17.9 Å². The summed E-state index contributed by atoms with van der Waals surface area (Å²) in [6.07, 6.45) is 1.41. The van der Waals surface area contributed by atoms with Gasteiger partial charge in [-0.25, -0.2) is 0 Å². The first-order chi connectivity index (χ1) is 12.1. The molecule has 1 N–H and O–H groups in total. The van der Waals surface area contributed by atoms with Crippen LogP contribution in [0.4, 0.5) is 0 Å². The molecule has 2 aliphatic rings. The van der Waals surface area contributed by atoms with Crippen LogP contribution in [0.15, 0.2) is 18.2 Å². The fourth-order valence-electron chi connectivity index (χ4n) is 3.49. The van der Waals surface area contributed by atoms with Crippen molar-refractivity contribution in [3.63, 3.8) is 0 Å². The predicted octanol–water partition coefficient (Wildman–Crippen LogP) is 1.86. The van der Waals surface area contributed by atoms with Crippen LogP contribution in [0.3, 0.4) is 0 Å². The van der Waals surface area contributed by atoms with Crippen LogP contribution in [0.25, 0.3) is 0 Å². The Morgan fingerprint density at radius 1 is 1.36 bits per heavy atom. The van der Waals surface area contributed by atoms with Crippen molar-refractivity contribution in [3.8, 4) is 11.5 Å². The third-order valence-electron chi connectivity index (χ3n) is 4.62. The lowest BCUT2D eigenvalue weighted by molar-refractivity contribution is -0.142. The number of rotatable bonds is 6. The molecule has 25 heavy (non-hydrogen) atoms.